The summed E-state index contributed by atoms with van der Waals surface area (Å²) in [7, 11) is 0. The van der Waals surface area contributed by atoms with Gasteiger partial charge in [0.25, 0.3) is 0 Å². The zero-order chi connectivity index (χ0) is 8.72. The molecule has 2 rings (SSSR count). The van der Waals surface area contributed by atoms with Crippen molar-refractivity contribution in [2.24, 2.45) is 0 Å². The highest BCUT2D eigenvalue weighted by Gasteiger charge is 2.08. The monoisotopic (exact) mass is 245 g/mol. The third-order valence-corrected chi connectivity index (χ3v) is 2.50. The van der Waals surface area contributed by atoms with Gasteiger partial charge in [-0.05, 0) is 12.1 Å². The van der Waals surface area contributed by atoms with E-state index in [0.29, 0.717) is 10.8 Å². The molecule has 2 aromatic rings. The van der Waals surface area contributed by atoms with Crippen molar-refractivity contribution in [2.75, 3.05) is 5.73 Å². The quantitative estimate of drug-likeness (QED) is 0.776. The molecule has 0 aliphatic carbocycles. The Labute approximate surface area is 82.4 Å². The van der Waals surface area contributed by atoms with Crippen molar-refractivity contribution in [3.63, 3.8) is 0 Å². The minimum Gasteiger partial charge on any atom is -0.382 e. The van der Waals surface area contributed by atoms with Crippen LogP contribution in [0.2, 0.25) is 5.02 Å². The number of nitrogens with zero attached hydrogens (tertiary/aromatic N) is 2. The van der Waals surface area contributed by atoms with Crippen LogP contribution in [0.1, 0.15) is 0 Å². The predicted octanol–water partition coefficient (Wildman–Crippen LogP) is 2.43. The summed E-state index contributed by atoms with van der Waals surface area (Å²) in [5.41, 5.74) is 6.51. The van der Waals surface area contributed by atoms with Gasteiger partial charge in [0.15, 0.2) is 5.82 Å². The number of nitrogen functional groups attached to an aromatic ring is 1. The molecule has 5 heteroatoms. The summed E-state index contributed by atoms with van der Waals surface area (Å²) < 4.78 is 1.53. The SMILES string of the molecule is Nc1nn(Br)c2cccc(Cl)c12. The molecule has 0 radical (unpaired) electrons. The first-order chi connectivity index (χ1) is 5.70. The Hall–Kier alpha value is -0.740. The zero-order valence-electron chi connectivity index (χ0n) is 5.96. The fraction of sp³-hybridized carbons (Fsp3) is 0. The highest BCUT2D eigenvalue weighted by atomic mass is 79.9. The summed E-state index contributed by atoms with van der Waals surface area (Å²) >= 11 is 9.14. The molecule has 0 spiro atoms. The summed E-state index contributed by atoms with van der Waals surface area (Å²) in [6.45, 7) is 0. The smallest absolute Gasteiger partial charge is 0.155 e. The van der Waals surface area contributed by atoms with Gasteiger partial charge in [0.05, 0.1) is 32.1 Å². The van der Waals surface area contributed by atoms with Gasteiger partial charge in [0.2, 0.25) is 0 Å². The third kappa shape index (κ3) is 0.990. The van der Waals surface area contributed by atoms with E-state index in [4.69, 9.17) is 17.3 Å². The molecule has 0 saturated heterocycles. The number of nitrogens with two attached hydrogens (primary N) is 1. The summed E-state index contributed by atoms with van der Waals surface area (Å²) in [4.78, 5) is 0. The van der Waals surface area contributed by atoms with Crippen molar-refractivity contribution in [2.45, 2.75) is 0 Å². The van der Waals surface area contributed by atoms with Crippen LogP contribution in [-0.2, 0) is 0 Å². The van der Waals surface area contributed by atoms with Gasteiger partial charge in [-0.2, -0.15) is 3.71 Å². The van der Waals surface area contributed by atoms with Gasteiger partial charge in [-0.1, -0.05) is 17.7 Å². The van der Waals surface area contributed by atoms with E-state index in [1.807, 2.05) is 12.1 Å². The van der Waals surface area contributed by atoms with E-state index in [1.54, 1.807) is 6.07 Å². The summed E-state index contributed by atoms with van der Waals surface area (Å²) in [6, 6.07) is 5.53. The molecule has 0 amide bonds. The van der Waals surface area contributed by atoms with E-state index in [2.05, 4.69) is 21.2 Å². The van der Waals surface area contributed by atoms with E-state index < -0.39 is 0 Å². The van der Waals surface area contributed by atoms with Crippen LogP contribution in [0, 0.1) is 0 Å². The first kappa shape index (κ1) is 7.89. The van der Waals surface area contributed by atoms with E-state index in [0.717, 1.165) is 10.9 Å². The van der Waals surface area contributed by atoms with Crippen molar-refractivity contribution >= 4 is 44.5 Å². The van der Waals surface area contributed by atoms with Gasteiger partial charge >= 0.3 is 0 Å². The number of aromatic nitrogens is 2. The molecule has 2 N–H and O–H groups in total. The highest BCUT2D eigenvalue weighted by Crippen LogP contribution is 2.28. The van der Waals surface area contributed by atoms with E-state index in [9.17, 15) is 0 Å². The molecule has 0 fully saturated rings. The molecule has 0 aliphatic heterocycles. The predicted molar refractivity (Wildman–Crippen MR) is 53.5 cm³/mol. The number of halogens is 2. The van der Waals surface area contributed by atoms with Crippen LogP contribution in [0.5, 0.6) is 0 Å². The second-order valence-electron chi connectivity index (χ2n) is 2.38. The van der Waals surface area contributed by atoms with E-state index in [1.165, 1.54) is 3.71 Å². The lowest BCUT2D eigenvalue weighted by atomic mass is 10.2. The molecule has 0 bridgehead atoms. The highest BCUT2D eigenvalue weighted by molar-refractivity contribution is 9.08. The second kappa shape index (κ2) is 2.64. The lowest BCUT2D eigenvalue weighted by Crippen LogP contribution is -1.85. The fourth-order valence-electron chi connectivity index (χ4n) is 1.12. The van der Waals surface area contributed by atoms with Crippen molar-refractivity contribution in [3.8, 4) is 0 Å². The third-order valence-electron chi connectivity index (χ3n) is 1.64. The first-order valence-electron chi connectivity index (χ1n) is 3.29. The Balaban J connectivity index is 2.99. The molecule has 62 valence electrons. The molecule has 0 saturated carbocycles. The minimum absolute atomic E-state index is 0.437. The molecular formula is C7H5BrClN3. The summed E-state index contributed by atoms with van der Waals surface area (Å²) in [6.07, 6.45) is 0. The van der Waals surface area contributed by atoms with Gasteiger partial charge in [0.1, 0.15) is 0 Å². The van der Waals surface area contributed by atoms with Crippen LogP contribution in [0.25, 0.3) is 10.9 Å². The van der Waals surface area contributed by atoms with E-state index >= 15 is 0 Å². The lowest BCUT2D eigenvalue weighted by molar-refractivity contribution is 1.07. The number of benzene rings is 1. The Morgan fingerprint density at radius 2 is 2.25 bits per heavy atom. The van der Waals surface area contributed by atoms with Crippen molar-refractivity contribution in [1.29, 1.82) is 0 Å². The van der Waals surface area contributed by atoms with Gasteiger partial charge in [0, 0.05) is 0 Å². The maximum Gasteiger partial charge on any atom is 0.155 e. The zero-order valence-corrected chi connectivity index (χ0v) is 8.30. The molecule has 1 heterocycles. The lowest BCUT2D eigenvalue weighted by Gasteiger charge is -1.92. The maximum absolute atomic E-state index is 5.92. The number of rotatable bonds is 0. The average Bonchev–Trinajstić information content (AvgIpc) is 2.29. The molecule has 0 unspecified atom stereocenters. The molecule has 0 aliphatic rings. The number of hydrogen-bond acceptors (Lipinski definition) is 2. The van der Waals surface area contributed by atoms with Gasteiger partial charge < -0.3 is 5.73 Å². The Morgan fingerprint density at radius 1 is 1.50 bits per heavy atom. The number of anilines is 1. The van der Waals surface area contributed by atoms with Crippen LogP contribution >= 0.6 is 27.7 Å². The standard InChI is InChI=1S/C7H5BrClN3/c8-12-5-3-1-2-4(9)6(5)7(10)11-12/h1-3H,(H2,10,11). The average molecular weight is 246 g/mol. The Kier molecular flexibility index (Phi) is 1.73. The van der Waals surface area contributed by atoms with Crippen molar-refractivity contribution in [3.05, 3.63) is 23.2 Å². The van der Waals surface area contributed by atoms with Crippen LogP contribution in [0.15, 0.2) is 18.2 Å². The van der Waals surface area contributed by atoms with Crippen molar-refractivity contribution in [1.82, 2.24) is 8.81 Å². The van der Waals surface area contributed by atoms with Gasteiger partial charge in [-0.3, -0.25) is 0 Å². The Bertz CT molecular complexity index is 437. The Morgan fingerprint density at radius 3 is 2.92 bits per heavy atom. The molecule has 3 nitrogen and oxygen atoms in total. The number of fused-ring (bicyclic) bond motifs is 1. The topological polar surface area (TPSA) is 43.8 Å². The van der Waals surface area contributed by atoms with Crippen LogP contribution in [-0.4, -0.2) is 8.81 Å². The normalized spacial score (nSPS) is 10.8. The molecule has 1 aromatic carbocycles. The maximum atomic E-state index is 5.92. The molecular weight excluding hydrogens is 241 g/mol. The van der Waals surface area contributed by atoms with Crippen LogP contribution in [0.4, 0.5) is 5.82 Å². The fourth-order valence-corrected chi connectivity index (χ4v) is 1.85. The number of hydrogen-bond donors (Lipinski definition) is 1. The van der Waals surface area contributed by atoms with Gasteiger partial charge in [-0.25, -0.2) is 0 Å². The summed E-state index contributed by atoms with van der Waals surface area (Å²) in [5.74, 6) is 0.437. The molecule has 0 atom stereocenters. The first-order valence-corrected chi connectivity index (χ1v) is 4.38. The molecule has 1 aromatic heterocycles. The largest absolute Gasteiger partial charge is 0.382 e. The molecule has 12 heavy (non-hydrogen) atoms. The van der Waals surface area contributed by atoms with E-state index in [-0.39, 0.29) is 0 Å². The van der Waals surface area contributed by atoms with Gasteiger partial charge in [-0.15, -0.1) is 5.10 Å². The van der Waals surface area contributed by atoms with Crippen LogP contribution in [0.3, 0.4) is 0 Å². The summed E-state index contributed by atoms with van der Waals surface area (Å²) in [5, 5.41) is 5.39. The minimum atomic E-state index is 0.437. The van der Waals surface area contributed by atoms with Crippen molar-refractivity contribution < 1.29 is 0 Å². The second-order valence-corrected chi connectivity index (χ2v) is 3.46. The van der Waals surface area contributed by atoms with Crippen LogP contribution < -0.4 is 5.73 Å².